The zero-order chi connectivity index (χ0) is 10.1. The van der Waals surface area contributed by atoms with Gasteiger partial charge in [-0.3, -0.25) is 0 Å². The van der Waals surface area contributed by atoms with Gasteiger partial charge < -0.3 is 9.47 Å². The summed E-state index contributed by atoms with van der Waals surface area (Å²) in [6.07, 6.45) is 0. The maximum atomic E-state index is 10.6. The average Bonchev–Trinajstić information content (AvgIpc) is 2.57. The molecular weight excluding hydrogens is 204 g/mol. The van der Waals surface area contributed by atoms with Crippen molar-refractivity contribution in [2.24, 2.45) is 0 Å². The fourth-order valence-electron chi connectivity index (χ4n) is 1.37. The van der Waals surface area contributed by atoms with Crippen LogP contribution < -0.4 is 9.47 Å². The molecule has 0 unspecified atom stereocenters. The lowest BCUT2D eigenvalue weighted by Gasteiger charge is -2.05. The summed E-state index contributed by atoms with van der Waals surface area (Å²) in [5, 5.41) is 0. The number of rotatable bonds is 2. The Morgan fingerprint density at radius 2 is 2.14 bits per heavy atom. The van der Waals surface area contributed by atoms with Crippen molar-refractivity contribution in [3.8, 4) is 11.5 Å². The second-order valence-corrected chi connectivity index (χ2v) is 3.91. The van der Waals surface area contributed by atoms with Gasteiger partial charge in [-0.1, -0.05) is 6.07 Å². The number of thiol groups is 1. The Morgan fingerprint density at radius 1 is 1.36 bits per heavy atom. The summed E-state index contributed by atoms with van der Waals surface area (Å²) in [6.45, 7) is 3.89. The standard InChI is InChI=1S/C9H9O4S/c1-6-2-3-8-9(13-5-12-8)7(6)4-14(10)11/h2-3,14H,1,4-5H2. The SMILES string of the molecule is [CH2]c1ccc2c(c1C[SH](=O)=O)OCO2. The average molecular weight is 213 g/mol. The van der Waals surface area contributed by atoms with E-state index in [0.29, 0.717) is 22.6 Å². The van der Waals surface area contributed by atoms with Crippen molar-refractivity contribution in [2.45, 2.75) is 5.75 Å². The van der Waals surface area contributed by atoms with Crippen LogP contribution in [0.3, 0.4) is 0 Å². The van der Waals surface area contributed by atoms with Gasteiger partial charge in [0.25, 0.3) is 0 Å². The maximum absolute atomic E-state index is 10.6. The quantitative estimate of drug-likeness (QED) is 0.735. The van der Waals surface area contributed by atoms with Crippen molar-refractivity contribution in [3.05, 3.63) is 30.2 Å². The number of ether oxygens (including phenoxy) is 2. The van der Waals surface area contributed by atoms with Crippen LogP contribution in [-0.2, 0) is 16.5 Å². The van der Waals surface area contributed by atoms with Crippen LogP contribution in [0.5, 0.6) is 11.5 Å². The van der Waals surface area contributed by atoms with E-state index in [9.17, 15) is 8.42 Å². The highest BCUT2D eigenvalue weighted by atomic mass is 32.2. The minimum Gasteiger partial charge on any atom is -0.454 e. The molecule has 0 saturated heterocycles. The van der Waals surface area contributed by atoms with Crippen molar-refractivity contribution in [1.29, 1.82) is 0 Å². The highest BCUT2D eigenvalue weighted by Gasteiger charge is 2.19. The van der Waals surface area contributed by atoms with Gasteiger partial charge in [0, 0.05) is 5.56 Å². The highest BCUT2D eigenvalue weighted by Crippen LogP contribution is 2.37. The third kappa shape index (κ3) is 1.55. The summed E-state index contributed by atoms with van der Waals surface area (Å²) in [5.41, 5.74) is 1.25. The Labute approximate surface area is 83.4 Å². The van der Waals surface area contributed by atoms with Gasteiger partial charge >= 0.3 is 0 Å². The number of fused-ring (bicyclic) bond motifs is 1. The van der Waals surface area contributed by atoms with Gasteiger partial charge in [-0.25, -0.2) is 8.42 Å². The summed E-state index contributed by atoms with van der Waals surface area (Å²) < 4.78 is 31.6. The predicted molar refractivity (Wildman–Crippen MR) is 51.0 cm³/mol. The lowest BCUT2D eigenvalue weighted by atomic mass is 10.1. The minimum atomic E-state index is -2.48. The fourth-order valence-corrected chi connectivity index (χ4v) is 1.98. The minimum absolute atomic E-state index is 0.0549. The molecule has 1 aliphatic rings. The zero-order valence-corrected chi connectivity index (χ0v) is 8.25. The molecule has 0 N–H and O–H groups in total. The molecule has 0 fully saturated rings. The van der Waals surface area contributed by atoms with Crippen LogP contribution in [0.2, 0.25) is 0 Å². The molecule has 0 bridgehead atoms. The van der Waals surface area contributed by atoms with Gasteiger partial charge in [0.05, 0.1) is 5.75 Å². The zero-order valence-electron chi connectivity index (χ0n) is 7.36. The molecule has 2 rings (SSSR count). The van der Waals surface area contributed by atoms with Crippen molar-refractivity contribution in [3.63, 3.8) is 0 Å². The maximum Gasteiger partial charge on any atom is 0.231 e. The lowest BCUT2D eigenvalue weighted by molar-refractivity contribution is 0.173. The molecule has 1 aromatic rings. The molecule has 14 heavy (non-hydrogen) atoms. The van der Waals surface area contributed by atoms with Crippen LogP contribution >= 0.6 is 0 Å². The molecular formula is C9H9O4S. The molecule has 0 aromatic heterocycles. The van der Waals surface area contributed by atoms with Gasteiger partial charge in [-0.15, -0.1) is 0 Å². The first kappa shape index (κ1) is 9.33. The molecule has 5 heteroatoms. The van der Waals surface area contributed by atoms with Gasteiger partial charge in [-0.2, -0.15) is 0 Å². The van der Waals surface area contributed by atoms with Crippen LogP contribution in [0.25, 0.3) is 0 Å². The highest BCUT2D eigenvalue weighted by molar-refractivity contribution is 7.71. The molecule has 0 aliphatic carbocycles. The summed E-state index contributed by atoms with van der Waals surface area (Å²) in [5.74, 6) is 1.04. The second kappa shape index (κ2) is 3.49. The molecule has 0 amide bonds. The topological polar surface area (TPSA) is 52.6 Å². The first-order valence-corrected chi connectivity index (χ1v) is 5.40. The van der Waals surface area contributed by atoms with E-state index >= 15 is 0 Å². The third-order valence-electron chi connectivity index (χ3n) is 2.03. The number of hydrogen-bond donors (Lipinski definition) is 1. The summed E-state index contributed by atoms with van der Waals surface area (Å²) in [7, 11) is -2.48. The summed E-state index contributed by atoms with van der Waals surface area (Å²) in [6, 6.07) is 3.45. The van der Waals surface area contributed by atoms with E-state index in [1.54, 1.807) is 12.1 Å². The van der Waals surface area contributed by atoms with E-state index in [1.807, 2.05) is 0 Å². The van der Waals surface area contributed by atoms with Gasteiger partial charge in [-0.05, 0) is 18.6 Å². The third-order valence-corrected chi connectivity index (χ3v) is 2.60. The molecule has 0 spiro atoms. The number of benzene rings is 1. The van der Waals surface area contributed by atoms with Crippen molar-refractivity contribution in [1.82, 2.24) is 0 Å². The lowest BCUT2D eigenvalue weighted by Crippen LogP contribution is -1.96. The molecule has 4 nitrogen and oxygen atoms in total. The Hall–Kier alpha value is -1.23. The van der Waals surface area contributed by atoms with Gasteiger partial charge in [0.1, 0.15) is 10.7 Å². The molecule has 0 saturated carbocycles. The Kier molecular flexibility index (Phi) is 2.33. The van der Waals surface area contributed by atoms with E-state index in [1.165, 1.54) is 0 Å². The first-order chi connectivity index (χ1) is 6.68. The van der Waals surface area contributed by atoms with E-state index < -0.39 is 10.7 Å². The molecule has 0 atom stereocenters. The van der Waals surface area contributed by atoms with E-state index in [-0.39, 0.29) is 12.5 Å². The molecule has 1 heterocycles. The molecule has 1 aliphatic heterocycles. The summed E-state index contributed by atoms with van der Waals surface area (Å²) in [4.78, 5) is 0. The van der Waals surface area contributed by atoms with E-state index in [2.05, 4.69) is 6.92 Å². The van der Waals surface area contributed by atoms with Crippen LogP contribution in [0.15, 0.2) is 12.1 Å². The Morgan fingerprint density at radius 3 is 2.86 bits per heavy atom. The van der Waals surface area contributed by atoms with Crippen LogP contribution in [0, 0.1) is 6.92 Å². The summed E-state index contributed by atoms with van der Waals surface area (Å²) >= 11 is 0. The van der Waals surface area contributed by atoms with E-state index in [4.69, 9.17) is 9.47 Å². The smallest absolute Gasteiger partial charge is 0.231 e. The van der Waals surface area contributed by atoms with Crippen molar-refractivity contribution in [2.75, 3.05) is 6.79 Å². The predicted octanol–water partition coefficient (Wildman–Crippen LogP) is 0.709. The Bertz CT molecular complexity index is 429. The number of hydrogen-bond acceptors (Lipinski definition) is 4. The van der Waals surface area contributed by atoms with E-state index in [0.717, 1.165) is 0 Å². The molecule has 75 valence electrons. The first-order valence-electron chi connectivity index (χ1n) is 4.03. The van der Waals surface area contributed by atoms with Crippen LogP contribution in [0.1, 0.15) is 11.1 Å². The molecule has 1 aromatic carbocycles. The van der Waals surface area contributed by atoms with Crippen LogP contribution in [0.4, 0.5) is 0 Å². The Balaban J connectivity index is 2.51. The van der Waals surface area contributed by atoms with Gasteiger partial charge in [0.15, 0.2) is 11.5 Å². The van der Waals surface area contributed by atoms with Crippen molar-refractivity contribution < 1.29 is 17.9 Å². The van der Waals surface area contributed by atoms with Gasteiger partial charge in [0.2, 0.25) is 6.79 Å². The largest absolute Gasteiger partial charge is 0.454 e. The molecule has 1 radical (unpaired) electrons. The normalized spacial score (nSPS) is 13.6. The van der Waals surface area contributed by atoms with Crippen LogP contribution in [-0.4, -0.2) is 15.2 Å². The fraction of sp³-hybridized carbons (Fsp3) is 0.222. The van der Waals surface area contributed by atoms with Crippen molar-refractivity contribution >= 4 is 10.7 Å². The monoisotopic (exact) mass is 213 g/mol. The second-order valence-electron chi connectivity index (χ2n) is 2.93.